The molecular formula is C13H16N4. The third-order valence-corrected chi connectivity index (χ3v) is 3.25. The Kier molecular flexibility index (Phi) is 2.28. The molecule has 0 bridgehead atoms. The normalized spacial score (nSPS) is 14.9. The van der Waals surface area contributed by atoms with Gasteiger partial charge in [-0.25, -0.2) is 0 Å². The Balaban J connectivity index is 1.76. The molecule has 88 valence electrons. The molecule has 3 rings (SSSR count). The number of nitrogens with two attached hydrogens (primary N) is 1. The summed E-state index contributed by atoms with van der Waals surface area (Å²) in [5, 5.41) is 7.74. The molecule has 0 atom stereocenters. The first kappa shape index (κ1) is 10.2. The number of nitrogens with one attached hydrogen (secondary N) is 1. The predicted octanol–water partition coefficient (Wildman–Crippen LogP) is 1.58. The van der Waals surface area contributed by atoms with E-state index in [1.165, 1.54) is 11.1 Å². The number of anilines is 2. The Morgan fingerprint density at radius 1 is 1.29 bits per heavy atom. The van der Waals surface area contributed by atoms with Crippen molar-refractivity contribution in [3.8, 4) is 0 Å². The van der Waals surface area contributed by atoms with Crippen LogP contribution in [0.4, 0.5) is 11.5 Å². The zero-order chi connectivity index (χ0) is 11.8. The van der Waals surface area contributed by atoms with E-state index in [0.717, 1.165) is 18.7 Å². The molecule has 0 unspecified atom stereocenters. The van der Waals surface area contributed by atoms with Crippen molar-refractivity contribution >= 4 is 11.5 Å². The van der Waals surface area contributed by atoms with Crippen molar-refractivity contribution in [1.29, 1.82) is 0 Å². The van der Waals surface area contributed by atoms with Crippen LogP contribution in [-0.2, 0) is 19.9 Å². The van der Waals surface area contributed by atoms with Gasteiger partial charge < -0.3 is 11.1 Å². The highest BCUT2D eigenvalue weighted by molar-refractivity contribution is 5.60. The van der Waals surface area contributed by atoms with E-state index in [9.17, 15) is 0 Å². The van der Waals surface area contributed by atoms with Gasteiger partial charge in [0.25, 0.3) is 0 Å². The van der Waals surface area contributed by atoms with Crippen molar-refractivity contribution in [3.63, 3.8) is 0 Å². The van der Waals surface area contributed by atoms with Gasteiger partial charge in [0.15, 0.2) is 5.82 Å². The molecule has 0 saturated heterocycles. The summed E-state index contributed by atoms with van der Waals surface area (Å²) < 4.78 is 1.74. The van der Waals surface area contributed by atoms with Gasteiger partial charge in [-0.1, -0.05) is 24.3 Å². The lowest BCUT2D eigenvalue weighted by atomic mass is 10.1. The fourth-order valence-electron chi connectivity index (χ4n) is 2.47. The third kappa shape index (κ3) is 1.86. The van der Waals surface area contributed by atoms with Crippen LogP contribution in [-0.4, -0.2) is 15.8 Å². The molecule has 1 heterocycles. The van der Waals surface area contributed by atoms with Gasteiger partial charge in [0.05, 0.1) is 5.69 Å². The van der Waals surface area contributed by atoms with Crippen molar-refractivity contribution in [2.24, 2.45) is 7.05 Å². The minimum atomic E-state index is 0.407. The summed E-state index contributed by atoms with van der Waals surface area (Å²) in [6.45, 7) is 0. The molecule has 1 aliphatic carbocycles. The molecule has 17 heavy (non-hydrogen) atoms. The van der Waals surface area contributed by atoms with Gasteiger partial charge in [-0.2, -0.15) is 5.10 Å². The number of hydrogen-bond donors (Lipinski definition) is 2. The number of fused-ring (bicyclic) bond motifs is 1. The van der Waals surface area contributed by atoms with E-state index < -0.39 is 0 Å². The summed E-state index contributed by atoms with van der Waals surface area (Å²) in [5.41, 5.74) is 9.45. The van der Waals surface area contributed by atoms with Gasteiger partial charge in [0, 0.05) is 19.3 Å². The molecule has 0 saturated carbocycles. The highest BCUT2D eigenvalue weighted by Gasteiger charge is 2.21. The fourth-order valence-corrected chi connectivity index (χ4v) is 2.47. The van der Waals surface area contributed by atoms with E-state index in [1.54, 1.807) is 4.68 Å². The molecule has 0 amide bonds. The summed E-state index contributed by atoms with van der Waals surface area (Å²) in [7, 11) is 1.88. The van der Waals surface area contributed by atoms with Crippen LogP contribution >= 0.6 is 0 Å². The smallest absolute Gasteiger partial charge is 0.171 e. The topological polar surface area (TPSA) is 55.9 Å². The summed E-state index contributed by atoms with van der Waals surface area (Å²) in [6, 6.07) is 8.98. The number of rotatable bonds is 2. The number of aromatic nitrogens is 2. The number of hydrogen-bond acceptors (Lipinski definition) is 3. The molecule has 0 fully saturated rings. The molecule has 1 aromatic heterocycles. The predicted molar refractivity (Wildman–Crippen MR) is 68.9 cm³/mol. The first-order valence-corrected chi connectivity index (χ1v) is 5.85. The van der Waals surface area contributed by atoms with Crippen LogP contribution in [0.2, 0.25) is 0 Å². The van der Waals surface area contributed by atoms with E-state index in [0.29, 0.717) is 11.7 Å². The highest BCUT2D eigenvalue weighted by Crippen LogP contribution is 2.25. The molecule has 1 aromatic carbocycles. The highest BCUT2D eigenvalue weighted by atomic mass is 15.3. The summed E-state index contributed by atoms with van der Waals surface area (Å²) in [6.07, 6.45) is 3.92. The molecule has 0 radical (unpaired) electrons. The van der Waals surface area contributed by atoms with Crippen molar-refractivity contribution in [1.82, 2.24) is 9.78 Å². The molecule has 2 aromatic rings. The van der Waals surface area contributed by atoms with E-state index in [4.69, 9.17) is 5.73 Å². The van der Waals surface area contributed by atoms with E-state index in [2.05, 4.69) is 34.7 Å². The standard InChI is InChI=1S/C13H16N4/c1-17-8-12(14)13(16-17)15-11-6-9-4-2-3-5-10(9)7-11/h2-5,8,11H,6-7,14H2,1H3,(H,15,16). The number of benzene rings is 1. The quantitative estimate of drug-likeness (QED) is 0.820. The van der Waals surface area contributed by atoms with Gasteiger partial charge in [0.1, 0.15) is 0 Å². The average molecular weight is 228 g/mol. The van der Waals surface area contributed by atoms with Gasteiger partial charge in [-0.15, -0.1) is 0 Å². The van der Waals surface area contributed by atoms with Crippen LogP contribution in [0, 0.1) is 0 Å². The monoisotopic (exact) mass is 228 g/mol. The summed E-state index contributed by atoms with van der Waals surface area (Å²) in [5.74, 6) is 0.797. The van der Waals surface area contributed by atoms with Crippen LogP contribution in [0.1, 0.15) is 11.1 Å². The lowest BCUT2D eigenvalue weighted by Gasteiger charge is -2.11. The molecular weight excluding hydrogens is 212 g/mol. The van der Waals surface area contributed by atoms with Crippen LogP contribution in [0.25, 0.3) is 0 Å². The Hall–Kier alpha value is -1.97. The van der Waals surface area contributed by atoms with Crippen LogP contribution < -0.4 is 11.1 Å². The van der Waals surface area contributed by atoms with Crippen molar-refractivity contribution in [2.75, 3.05) is 11.1 Å². The lowest BCUT2D eigenvalue weighted by Crippen LogP contribution is -2.20. The SMILES string of the molecule is Cn1cc(N)c(NC2Cc3ccccc3C2)n1. The zero-order valence-corrected chi connectivity index (χ0v) is 9.85. The average Bonchev–Trinajstić information content (AvgIpc) is 2.82. The Labute approximate surface area is 100 Å². The maximum Gasteiger partial charge on any atom is 0.171 e. The molecule has 4 nitrogen and oxygen atoms in total. The van der Waals surface area contributed by atoms with E-state index >= 15 is 0 Å². The van der Waals surface area contributed by atoms with E-state index in [-0.39, 0.29) is 0 Å². The van der Waals surface area contributed by atoms with Gasteiger partial charge >= 0.3 is 0 Å². The Morgan fingerprint density at radius 2 is 1.94 bits per heavy atom. The Morgan fingerprint density at radius 3 is 2.47 bits per heavy atom. The zero-order valence-electron chi connectivity index (χ0n) is 9.85. The molecule has 3 N–H and O–H groups in total. The van der Waals surface area contributed by atoms with Crippen LogP contribution in [0.3, 0.4) is 0 Å². The minimum absolute atomic E-state index is 0.407. The molecule has 4 heteroatoms. The first-order valence-electron chi connectivity index (χ1n) is 5.85. The summed E-state index contributed by atoms with van der Waals surface area (Å²) >= 11 is 0. The fraction of sp³-hybridized carbons (Fsp3) is 0.308. The van der Waals surface area contributed by atoms with Gasteiger partial charge in [-0.3, -0.25) is 4.68 Å². The molecule has 0 spiro atoms. The van der Waals surface area contributed by atoms with Crippen molar-refractivity contribution < 1.29 is 0 Å². The number of nitrogens with zero attached hydrogens (tertiary/aromatic N) is 2. The van der Waals surface area contributed by atoms with E-state index in [1.807, 2.05) is 13.2 Å². The number of nitrogen functional groups attached to an aromatic ring is 1. The minimum Gasteiger partial charge on any atom is -0.394 e. The second-order valence-electron chi connectivity index (χ2n) is 4.62. The molecule has 0 aliphatic heterocycles. The lowest BCUT2D eigenvalue weighted by molar-refractivity contribution is 0.738. The van der Waals surface area contributed by atoms with Crippen molar-refractivity contribution in [3.05, 3.63) is 41.6 Å². The summed E-state index contributed by atoms with van der Waals surface area (Å²) in [4.78, 5) is 0. The largest absolute Gasteiger partial charge is 0.394 e. The second kappa shape index (κ2) is 3.80. The van der Waals surface area contributed by atoms with Crippen LogP contribution in [0.5, 0.6) is 0 Å². The van der Waals surface area contributed by atoms with Crippen LogP contribution in [0.15, 0.2) is 30.5 Å². The number of aryl methyl sites for hydroxylation is 1. The van der Waals surface area contributed by atoms with Gasteiger partial charge in [0.2, 0.25) is 0 Å². The third-order valence-electron chi connectivity index (χ3n) is 3.25. The second-order valence-corrected chi connectivity index (χ2v) is 4.62. The maximum absolute atomic E-state index is 5.88. The first-order chi connectivity index (χ1) is 8.22. The van der Waals surface area contributed by atoms with Crippen molar-refractivity contribution in [2.45, 2.75) is 18.9 Å². The molecule has 1 aliphatic rings. The Bertz CT molecular complexity index is 519. The van der Waals surface area contributed by atoms with Gasteiger partial charge in [-0.05, 0) is 24.0 Å². The maximum atomic E-state index is 5.88.